The monoisotopic (exact) mass is 447 g/mol. The van der Waals surface area contributed by atoms with E-state index in [1.165, 1.54) is 10.5 Å². The summed E-state index contributed by atoms with van der Waals surface area (Å²) >= 11 is 1.73. The number of anilines is 2. The van der Waals surface area contributed by atoms with Crippen molar-refractivity contribution >= 4 is 34.2 Å². The van der Waals surface area contributed by atoms with Crippen LogP contribution in [0.25, 0.3) is 22.0 Å². The molecule has 0 spiro atoms. The van der Waals surface area contributed by atoms with Crippen molar-refractivity contribution in [1.82, 2.24) is 19.7 Å². The third-order valence-electron chi connectivity index (χ3n) is 5.59. The van der Waals surface area contributed by atoms with Gasteiger partial charge in [-0.2, -0.15) is 5.10 Å². The van der Waals surface area contributed by atoms with Crippen molar-refractivity contribution in [3.63, 3.8) is 0 Å². The zero-order valence-electron chi connectivity index (χ0n) is 18.3. The lowest BCUT2D eigenvalue weighted by Crippen LogP contribution is -2.16. The number of thioether (sulfide) groups is 1. The summed E-state index contributed by atoms with van der Waals surface area (Å²) in [5.41, 5.74) is 5.06. The Hall–Kier alpha value is -3.10. The minimum Gasteiger partial charge on any atom is -0.487 e. The highest BCUT2D eigenvalue weighted by Gasteiger charge is 2.21. The molecular weight excluding hydrogens is 422 g/mol. The average molecular weight is 448 g/mol. The largest absolute Gasteiger partial charge is 0.487 e. The van der Waals surface area contributed by atoms with Crippen LogP contribution in [0.15, 0.2) is 53.9 Å². The van der Waals surface area contributed by atoms with Gasteiger partial charge in [-0.15, -0.1) is 11.8 Å². The molecule has 1 aliphatic rings. The van der Waals surface area contributed by atoms with Crippen molar-refractivity contribution in [2.75, 3.05) is 24.8 Å². The molecule has 4 aromatic rings. The minimum atomic E-state index is 0.0119. The predicted molar refractivity (Wildman–Crippen MR) is 128 cm³/mol. The number of rotatable bonds is 6. The van der Waals surface area contributed by atoms with Crippen LogP contribution < -0.4 is 10.1 Å². The van der Waals surface area contributed by atoms with Crippen molar-refractivity contribution in [3.05, 3.63) is 54.6 Å². The summed E-state index contributed by atoms with van der Waals surface area (Å²) in [6.45, 7) is 3.42. The lowest BCUT2D eigenvalue weighted by Gasteiger charge is -2.17. The van der Waals surface area contributed by atoms with Gasteiger partial charge in [0.05, 0.1) is 30.3 Å². The van der Waals surface area contributed by atoms with E-state index in [9.17, 15) is 0 Å². The van der Waals surface area contributed by atoms with Gasteiger partial charge in [0.15, 0.2) is 0 Å². The first-order chi connectivity index (χ1) is 15.6. The SMILES string of the molecule is CSc1cc(Nc2ncnc3cc(-c4cnn(C)c4)cc(OC4CCOC4)c23)ccc1C. The van der Waals surface area contributed by atoms with Crippen LogP contribution in [0.5, 0.6) is 5.75 Å². The van der Waals surface area contributed by atoms with Crippen molar-refractivity contribution in [2.45, 2.75) is 24.3 Å². The number of ether oxygens (including phenoxy) is 2. The molecule has 1 N–H and O–H groups in total. The van der Waals surface area contributed by atoms with Crippen LogP contribution in [0.1, 0.15) is 12.0 Å². The highest BCUT2D eigenvalue weighted by Crippen LogP contribution is 2.37. The summed E-state index contributed by atoms with van der Waals surface area (Å²) in [7, 11) is 1.91. The standard InChI is InChI=1S/C24H25N5O2S/c1-15-4-5-18(10-22(15)32-3)28-24-23-20(25-14-26-24)8-16(17-11-27-29(2)12-17)9-21(23)31-19-6-7-30-13-19/h4-5,8-12,14,19H,6-7,13H2,1-3H3,(H,25,26,28). The maximum absolute atomic E-state index is 6.42. The summed E-state index contributed by atoms with van der Waals surface area (Å²) in [6, 6.07) is 10.4. The third kappa shape index (κ3) is 4.16. The Bertz CT molecular complexity index is 1270. The Kier molecular flexibility index (Phi) is 5.71. The molecule has 0 saturated carbocycles. The van der Waals surface area contributed by atoms with E-state index >= 15 is 0 Å². The van der Waals surface area contributed by atoms with Crippen LogP contribution in [0.3, 0.4) is 0 Å². The first-order valence-electron chi connectivity index (χ1n) is 10.5. The lowest BCUT2D eigenvalue weighted by atomic mass is 10.1. The van der Waals surface area contributed by atoms with Crippen molar-refractivity contribution < 1.29 is 9.47 Å². The topological polar surface area (TPSA) is 74.1 Å². The molecule has 1 unspecified atom stereocenters. The molecule has 2 aromatic carbocycles. The number of hydrogen-bond donors (Lipinski definition) is 1. The molecule has 1 atom stereocenters. The highest BCUT2D eigenvalue weighted by molar-refractivity contribution is 7.98. The van der Waals surface area contributed by atoms with Gasteiger partial charge in [-0.05, 0) is 48.6 Å². The van der Waals surface area contributed by atoms with Gasteiger partial charge >= 0.3 is 0 Å². The van der Waals surface area contributed by atoms with Crippen molar-refractivity contribution in [3.8, 4) is 16.9 Å². The fourth-order valence-corrected chi connectivity index (χ4v) is 4.53. The smallest absolute Gasteiger partial charge is 0.145 e. The van der Waals surface area contributed by atoms with E-state index in [0.29, 0.717) is 13.2 Å². The summed E-state index contributed by atoms with van der Waals surface area (Å²) in [4.78, 5) is 10.4. The third-order valence-corrected chi connectivity index (χ3v) is 6.47. The van der Waals surface area contributed by atoms with Crippen LogP contribution in [0.2, 0.25) is 0 Å². The Morgan fingerprint density at radius 1 is 1.19 bits per heavy atom. The van der Waals surface area contributed by atoms with Crippen LogP contribution >= 0.6 is 11.8 Å². The van der Waals surface area contributed by atoms with E-state index in [2.05, 4.69) is 63.9 Å². The maximum atomic E-state index is 6.42. The van der Waals surface area contributed by atoms with Crippen LogP contribution in [-0.2, 0) is 11.8 Å². The second kappa shape index (κ2) is 8.80. The summed E-state index contributed by atoms with van der Waals surface area (Å²) in [5, 5.41) is 8.66. The second-order valence-electron chi connectivity index (χ2n) is 7.91. The van der Waals surface area contributed by atoms with E-state index in [-0.39, 0.29) is 6.10 Å². The predicted octanol–water partition coefficient (Wildman–Crippen LogP) is 4.97. The van der Waals surface area contributed by atoms with Crippen LogP contribution in [-0.4, -0.2) is 45.3 Å². The molecule has 7 nitrogen and oxygen atoms in total. The summed E-state index contributed by atoms with van der Waals surface area (Å²) in [6.07, 6.45) is 8.38. The van der Waals surface area contributed by atoms with E-state index in [4.69, 9.17) is 9.47 Å². The maximum Gasteiger partial charge on any atom is 0.145 e. The molecule has 0 aliphatic carbocycles. The fraction of sp³-hybridized carbons (Fsp3) is 0.292. The van der Waals surface area contributed by atoms with Gasteiger partial charge in [-0.3, -0.25) is 4.68 Å². The lowest BCUT2D eigenvalue weighted by molar-refractivity contribution is 0.142. The molecule has 0 bridgehead atoms. The zero-order valence-corrected chi connectivity index (χ0v) is 19.1. The summed E-state index contributed by atoms with van der Waals surface area (Å²) in [5.74, 6) is 1.47. The van der Waals surface area contributed by atoms with Gasteiger partial charge < -0.3 is 14.8 Å². The zero-order chi connectivity index (χ0) is 22.1. The van der Waals surface area contributed by atoms with Crippen molar-refractivity contribution in [1.29, 1.82) is 0 Å². The number of aromatic nitrogens is 4. The van der Waals surface area contributed by atoms with Gasteiger partial charge in [-0.1, -0.05) is 6.07 Å². The Labute approximate surface area is 191 Å². The normalized spacial score (nSPS) is 15.9. The molecule has 1 fully saturated rings. The van der Waals surface area contributed by atoms with Gasteiger partial charge in [-0.25, -0.2) is 9.97 Å². The Balaban J connectivity index is 1.61. The molecule has 3 heterocycles. The van der Waals surface area contributed by atoms with E-state index < -0.39 is 0 Å². The van der Waals surface area contributed by atoms with E-state index in [1.54, 1.807) is 22.8 Å². The molecule has 1 aliphatic heterocycles. The number of benzene rings is 2. The molecule has 5 rings (SSSR count). The molecule has 0 radical (unpaired) electrons. The quantitative estimate of drug-likeness (QED) is 0.418. The molecule has 164 valence electrons. The first kappa shape index (κ1) is 20.8. The fourth-order valence-electron chi connectivity index (χ4n) is 3.90. The average Bonchev–Trinajstić information content (AvgIpc) is 3.46. The number of nitrogens with zero attached hydrogens (tertiary/aromatic N) is 4. The molecule has 0 amide bonds. The van der Waals surface area contributed by atoms with Gasteiger partial charge in [0.2, 0.25) is 0 Å². The molecule has 2 aromatic heterocycles. The van der Waals surface area contributed by atoms with Crippen LogP contribution in [0, 0.1) is 6.92 Å². The molecule has 32 heavy (non-hydrogen) atoms. The van der Waals surface area contributed by atoms with E-state index in [1.807, 2.05) is 19.4 Å². The molecular formula is C24H25N5O2S. The first-order valence-corrected chi connectivity index (χ1v) is 11.8. The Morgan fingerprint density at radius 3 is 2.84 bits per heavy atom. The second-order valence-corrected chi connectivity index (χ2v) is 8.75. The number of hydrogen-bond acceptors (Lipinski definition) is 7. The van der Waals surface area contributed by atoms with Crippen molar-refractivity contribution in [2.24, 2.45) is 7.05 Å². The van der Waals surface area contributed by atoms with Gasteiger partial charge in [0, 0.05) is 35.8 Å². The van der Waals surface area contributed by atoms with Gasteiger partial charge in [0.25, 0.3) is 0 Å². The minimum absolute atomic E-state index is 0.0119. The highest BCUT2D eigenvalue weighted by atomic mass is 32.2. The Morgan fingerprint density at radius 2 is 2.09 bits per heavy atom. The van der Waals surface area contributed by atoms with Crippen LogP contribution in [0.4, 0.5) is 11.5 Å². The number of fused-ring (bicyclic) bond motifs is 1. The van der Waals surface area contributed by atoms with E-state index in [0.717, 1.165) is 45.7 Å². The number of nitrogens with one attached hydrogen (secondary N) is 1. The molecule has 1 saturated heterocycles. The summed E-state index contributed by atoms with van der Waals surface area (Å²) < 4.78 is 13.7. The molecule has 8 heteroatoms. The number of aryl methyl sites for hydroxylation is 2. The van der Waals surface area contributed by atoms with Gasteiger partial charge in [0.1, 0.15) is 24.0 Å².